The first-order chi connectivity index (χ1) is 8.56. The SMILES string of the molecule is Cc1nccc(CNC(C)c2cc(C)oc2C)n1. The molecule has 0 aromatic carbocycles. The summed E-state index contributed by atoms with van der Waals surface area (Å²) >= 11 is 0. The van der Waals surface area contributed by atoms with Gasteiger partial charge in [-0.1, -0.05) is 0 Å². The van der Waals surface area contributed by atoms with Gasteiger partial charge in [-0.25, -0.2) is 9.97 Å². The van der Waals surface area contributed by atoms with Crippen molar-refractivity contribution in [2.45, 2.75) is 40.3 Å². The van der Waals surface area contributed by atoms with E-state index in [1.54, 1.807) is 6.20 Å². The molecule has 2 rings (SSSR count). The Morgan fingerprint density at radius 1 is 1.33 bits per heavy atom. The molecule has 0 aliphatic rings. The lowest BCUT2D eigenvalue weighted by atomic mass is 10.1. The molecule has 0 radical (unpaired) electrons. The van der Waals surface area contributed by atoms with E-state index in [1.807, 2.05) is 26.8 Å². The second kappa shape index (κ2) is 5.31. The van der Waals surface area contributed by atoms with Gasteiger partial charge in [0, 0.05) is 24.3 Å². The minimum atomic E-state index is 0.248. The summed E-state index contributed by atoms with van der Waals surface area (Å²) in [7, 11) is 0. The molecule has 0 spiro atoms. The lowest BCUT2D eigenvalue weighted by Gasteiger charge is -2.12. The Kier molecular flexibility index (Phi) is 3.77. The first-order valence-corrected chi connectivity index (χ1v) is 6.15. The molecule has 0 aliphatic carbocycles. The predicted molar refractivity (Wildman–Crippen MR) is 70.2 cm³/mol. The molecule has 0 fully saturated rings. The fraction of sp³-hybridized carbons (Fsp3) is 0.429. The van der Waals surface area contributed by atoms with Crippen LogP contribution < -0.4 is 5.32 Å². The molecule has 0 saturated carbocycles. The van der Waals surface area contributed by atoms with Crippen molar-refractivity contribution >= 4 is 0 Å². The van der Waals surface area contributed by atoms with E-state index in [-0.39, 0.29) is 6.04 Å². The lowest BCUT2D eigenvalue weighted by molar-refractivity contribution is 0.489. The second-order valence-electron chi connectivity index (χ2n) is 4.57. The van der Waals surface area contributed by atoms with Crippen molar-refractivity contribution in [3.8, 4) is 0 Å². The molecular formula is C14H19N3O. The van der Waals surface area contributed by atoms with Gasteiger partial charge in [0.25, 0.3) is 0 Å². The van der Waals surface area contributed by atoms with E-state index in [9.17, 15) is 0 Å². The zero-order chi connectivity index (χ0) is 13.1. The van der Waals surface area contributed by atoms with E-state index in [1.165, 1.54) is 5.56 Å². The van der Waals surface area contributed by atoms with Gasteiger partial charge in [0.2, 0.25) is 0 Å². The van der Waals surface area contributed by atoms with E-state index in [4.69, 9.17) is 4.42 Å². The van der Waals surface area contributed by atoms with Gasteiger partial charge in [-0.2, -0.15) is 0 Å². The fourth-order valence-electron chi connectivity index (χ4n) is 2.05. The largest absolute Gasteiger partial charge is 0.466 e. The number of aryl methyl sites for hydroxylation is 3. The third-order valence-corrected chi connectivity index (χ3v) is 2.97. The molecule has 2 heterocycles. The number of hydrogen-bond acceptors (Lipinski definition) is 4. The van der Waals surface area contributed by atoms with Crippen LogP contribution in [0.15, 0.2) is 22.7 Å². The predicted octanol–water partition coefficient (Wildman–Crippen LogP) is 2.85. The summed E-state index contributed by atoms with van der Waals surface area (Å²) in [6.45, 7) is 8.72. The van der Waals surface area contributed by atoms with Gasteiger partial charge in [-0.05, 0) is 39.8 Å². The second-order valence-corrected chi connectivity index (χ2v) is 4.57. The third-order valence-electron chi connectivity index (χ3n) is 2.97. The molecule has 0 bridgehead atoms. The summed E-state index contributed by atoms with van der Waals surface area (Å²) in [5.41, 5.74) is 2.21. The van der Waals surface area contributed by atoms with Gasteiger partial charge in [-0.3, -0.25) is 0 Å². The summed E-state index contributed by atoms with van der Waals surface area (Å²) < 4.78 is 5.54. The Labute approximate surface area is 107 Å². The normalized spacial score (nSPS) is 12.7. The third kappa shape index (κ3) is 2.96. The van der Waals surface area contributed by atoms with Gasteiger partial charge in [0.1, 0.15) is 17.3 Å². The zero-order valence-electron chi connectivity index (χ0n) is 11.3. The first kappa shape index (κ1) is 12.8. The van der Waals surface area contributed by atoms with Gasteiger partial charge >= 0.3 is 0 Å². The van der Waals surface area contributed by atoms with Crippen molar-refractivity contribution in [3.63, 3.8) is 0 Å². The minimum absolute atomic E-state index is 0.248. The van der Waals surface area contributed by atoms with E-state index in [0.29, 0.717) is 0 Å². The summed E-state index contributed by atoms with van der Waals surface area (Å²) in [6, 6.07) is 4.26. The van der Waals surface area contributed by atoms with E-state index in [2.05, 4.69) is 28.3 Å². The molecule has 1 unspecified atom stereocenters. The molecule has 0 amide bonds. The fourth-order valence-corrected chi connectivity index (χ4v) is 2.05. The van der Waals surface area contributed by atoms with Crippen LogP contribution >= 0.6 is 0 Å². The highest BCUT2D eigenvalue weighted by atomic mass is 16.3. The molecule has 4 heteroatoms. The number of furan rings is 1. The number of hydrogen-bond donors (Lipinski definition) is 1. The van der Waals surface area contributed by atoms with Crippen molar-refractivity contribution in [1.82, 2.24) is 15.3 Å². The van der Waals surface area contributed by atoms with Crippen LogP contribution in [0.5, 0.6) is 0 Å². The molecule has 0 saturated heterocycles. The number of nitrogens with one attached hydrogen (secondary N) is 1. The average Bonchev–Trinajstić information content (AvgIpc) is 2.66. The van der Waals surface area contributed by atoms with Gasteiger partial charge in [0.15, 0.2) is 0 Å². The monoisotopic (exact) mass is 245 g/mol. The van der Waals surface area contributed by atoms with Gasteiger partial charge < -0.3 is 9.73 Å². The topological polar surface area (TPSA) is 51.0 Å². The molecule has 2 aromatic rings. The van der Waals surface area contributed by atoms with E-state index in [0.717, 1.165) is 29.6 Å². The molecule has 0 aliphatic heterocycles. The molecule has 4 nitrogen and oxygen atoms in total. The smallest absolute Gasteiger partial charge is 0.125 e. The Morgan fingerprint density at radius 2 is 2.11 bits per heavy atom. The Bertz CT molecular complexity index is 534. The van der Waals surface area contributed by atoms with Gasteiger partial charge in [-0.15, -0.1) is 0 Å². The molecular weight excluding hydrogens is 226 g/mol. The maximum absolute atomic E-state index is 5.54. The van der Waals surface area contributed by atoms with E-state index >= 15 is 0 Å². The van der Waals surface area contributed by atoms with Crippen molar-refractivity contribution in [3.05, 3.63) is 46.9 Å². The minimum Gasteiger partial charge on any atom is -0.466 e. The summed E-state index contributed by atoms with van der Waals surface area (Å²) in [5, 5.41) is 3.45. The summed E-state index contributed by atoms with van der Waals surface area (Å²) in [4.78, 5) is 8.46. The van der Waals surface area contributed by atoms with Gasteiger partial charge in [0.05, 0.1) is 5.69 Å². The first-order valence-electron chi connectivity index (χ1n) is 6.15. The van der Waals surface area contributed by atoms with Crippen LogP contribution in [0.4, 0.5) is 0 Å². The number of nitrogens with zero attached hydrogens (tertiary/aromatic N) is 2. The molecule has 18 heavy (non-hydrogen) atoms. The maximum Gasteiger partial charge on any atom is 0.125 e. The van der Waals surface area contributed by atoms with Crippen LogP contribution in [0, 0.1) is 20.8 Å². The Hall–Kier alpha value is -1.68. The van der Waals surface area contributed by atoms with Crippen molar-refractivity contribution in [2.24, 2.45) is 0 Å². The summed E-state index contributed by atoms with van der Waals surface area (Å²) in [6.07, 6.45) is 1.79. The standard InChI is InChI=1S/C14H19N3O/c1-9-7-14(11(3)18-9)10(2)16-8-13-5-6-15-12(4)17-13/h5-7,10,16H,8H2,1-4H3. The molecule has 1 N–H and O–H groups in total. The van der Waals surface area contributed by atoms with Crippen LogP contribution in [0.25, 0.3) is 0 Å². The Balaban J connectivity index is 2.00. The quantitative estimate of drug-likeness (QED) is 0.900. The van der Waals surface area contributed by atoms with Crippen LogP contribution in [0.1, 0.15) is 41.6 Å². The van der Waals surface area contributed by atoms with Crippen LogP contribution in [0.2, 0.25) is 0 Å². The highest BCUT2D eigenvalue weighted by Gasteiger charge is 2.12. The summed E-state index contributed by atoms with van der Waals surface area (Å²) in [5.74, 6) is 2.73. The van der Waals surface area contributed by atoms with Crippen molar-refractivity contribution < 1.29 is 4.42 Å². The Morgan fingerprint density at radius 3 is 2.72 bits per heavy atom. The van der Waals surface area contributed by atoms with Crippen molar-refractivity contribution in [1.29, 1.82) is 0 Å². The van der Waals surface area contributed by atoms with E-state index < -0.39 is 0 Å². The molecule has 1 atom stereocenters. The average molecular weight is 245 g/mol. The van der Waals surface area contributed by atoms with Crippen LogP contribution in [-0.2, 0) is 6.54 Å². The number of aromatic nitrogens is 2. The zero-order valence-corrected chi connectivity index (χ0v) is 11.3. The molecule has 2 aromatic heterocycles. The maximum atomic E-state index is 5.54. The highest BCUT2D eigenvalue weighted by molar-refractivity contribution is 5.23. The van der Waals surface area contributed by atoms with Crippen LogP contribution in [-0.4, -0.2) is 9.97 Å². The van der Waals surface area contributed by atoms with Crippen molar-refractivity contribution in [2.75, 3.05) is 0 Å². The van der Waals surface area contributed by atoms with Crippen LogP contribution in [0.3, 0.4) is 0 Å². The highest BCUT2D eigenvalue weighted by Crippen LogP contribution is 2.21. The number of rotatable bonds is 4. The lowest BCUT2D eigenvalue weighted by Crippen LogP contribution is -2.19. The molecule has 96 valence electrons.